The number of benzene rings is 2. The lowest BCUT2D eigenvalue weighted by atomic mass is 9.98. The summed E-state index contributed by atoms with van der Waals surface area (Å²) >= 11 is 0. The molecule has 0 aromatic heterocycles. The van der Waals surface area contributed by atoms with Gasteiger partial charge < -0.3 is 20.1 Å². The number of rotatable bonds is 9. The molecule has 1 aliphatic rings. The minimum atomic E-state index is -3.54. The summed E-state index contributed by atoms with van der Waals surface area (Å²) in [6.07, 6.45) is -0.630. The van der Waals surface area contributed by atoms with E-state index in [1.165, 1.54) is 6.92 Å². The monoisotopic (exact) mass is 431 g/mol. The van der Waals surface area contributed by atoms with E-state index in [4.69, 9.17) is 9.84 Å². The van der Waals surface area contributed by atoms with Crippen LogP contribution in [0.25, 0.3) is 11.1 Å². The predicted molar refractivity (Wildman–Crippen MR) is 114 cm³/mol. The van der Waals surface area contributed by atoms with Crippen molar-refractivity contribution in [2.24, 2.45) is 5.92 Å². The molecule has 0 heterocycles. The summed E-state index contributed by atoms with van der Waals surface area (Å²) in [7, 11) is -3.54. The number of alkyl carbamates (subject to hydrolysis) is 1. The third-order valence-corrected chi connectivity index (χ3v) is 7.41. The summed E-state index contributed by atoms with van der Waals surface area (Å²) < 4.78 is 17.5. The largest absolute Gasteiger partial charge is 0.481 e. The van der Waals surface area contributed by atoms with E-state index in [9.17, 15) is 19.0 Å². The third-order valence-electron chi connectivity index (χ3n) is 5.28. The van der Waals surface area contributed by atoms with Crippen molar-refractivity contribution in [3.63, 3.8) is 0 Å². The fraction of sp³-hybridized carbons (Fsp3) is 0.364. The van der Waals surface area contributed by atoms with Gasteiger partial charge in [0.05, 0.1) is 5.92 Å². The van der Waals surface area contributed by atoms with Crippen LogP contribution in [0.1, 0.15) is 30.4 Å². The first-order valence-corrected chi connectivity index (χ1v) is 11.9. The Hall–Kier alpha value is -2.63. The first kappa shape index (κ1) is 22.1. The molecule has 0 saturated heterocycles. The summed E-state index contributed by atoms with van der Waals surface area (Å²) in [4.78, 5) is 32.8. The van der Waals surface area contributed by atoms with Crippen LogP contribution in [0.5, 0.6) is 0 Å². The fourth-order valence-corrected chi connectivity index (χ4v) is 5.61. The van der Waals surface area contributed by atoms with Gasteiger partial charge in [-0.25, -0.2) is 4.79 Å². The normalized spacial score (nSPS) is 15.5. The van der Waals surface area contributed by atoms with Crippen LogP contribution in [0.2, 0.25) is 0 Å². The number of carbonyl (C=O) groups excluding carboxylic acids is 1. The minimum Gasteiger partial charge on any atom is -0.481 e. The molecule has 0 bridgehead atoms. The van der Waals surface area contributed by atoms with E-state index in [0.29, 0.717) is 0 Å². The lowest BCUT2D eigenvalue weighted by Gasteiger charge is -2.15. The van der Waals surface area contributed by atoms with Crippen molar-refractivity contribution in [3.8, 4) is 11.1 Å². The third kappa shape index (κ3) is 5.29. The molecule has 8 heteroatoms. The van der Waals surface area contributed by atoms with Crippen molar-refractivity contribution in [1.29, 1.82) is 0 Å². The number of aliphatic carboxylic acids is 1. The quantitative estimate of drug-likeness (QED) is 0.410. The predicted octanol–water partition coefficient (Wildman–Crippen LogP) is 3.91. The van der Waals surface area contributed by atoms with Crippen LogP contribution in [0.15, 0.2) is 48.5 Å². The maximum Gasteiger partial charge on any atom is 0.407 e. The summed E-state index contributed by atoms with van der Waals surface area (Å²) in [5, 5.41) is 11.4. The first-order chi connectivity index (χ1) is 14.3. The number of nitrogens with one attached hydrogen (secondary N) is 1. The second-order valence-electron chi connectivity index (χ2n) is 7.60. The zero-order chi connectivity index (χ0) is 21.7. The zero-order valence-corrected chi connectivity index (χ0v) is 17.7. The Kier molecular flexibility index (Phi) is 6.95. The highest BCUT2D eigenvalue weighted by molar-refractivity contribution is 7.58. The van der Waals surface area contributed by atoms with Gasteiger partial charge in [0.25, 0.3) is 0 Å². The van der Waals surface area contributed by atoms with Gasteiger partial charge >= 0.3 is 12.1 Å². The van der Waals surface area contributed by atoms with Crippen LogP contribution in [0, 0.1) is 5.92 Å². The van der Waals surface area contributed by atoms with E-state index in [0.717, 1.165) is 22.3 Å². The molecule has 0 saturated carbocycles. The van der Waals surface area contributed by atoms with E-state index < -0.39 is 25.3 Å². The highest BCUT2D eigenvalue weighted by atomic mass is 31.2. The molecule has 0 aliphatic heterocycles. The van der Waals surface area contributed by atoms with Gasteiger partial charge in [-0.05, 0) is 28.7 Å². The van der Waals surface area contributed by atoms with Crippen LogP contribution in [-0.4, -0.2) is 47.5 Å². The van der Waals surface area contributed by atoms with Crippen LogP contribution in [-0.2, 0) is 14.1 Å². The fourth-order valence-electron chi connectivity index (χ4n) is 3.76. The minimum absolute atomic E-state index is 0.0293. The van der Waals surface area contributed by atoms with Crippen molar-refractivity contribution in [2.75, 3.05) is 25.5 Å². The summed E-state index contributed by atoms with van der Waals surface area (Å²) in [5.41, 5.74) is 4.55. The SMILES string of the molecule is CC(CP(=O)(O)CCCNC(=O)OCC1c2ccccc2-c2ccccc21)C(=O)O. The van der Waals surface area contributed by atoms with Gasteiger partial charge in [0, 0.05) is 24.8 Å². The molecule has 0 fully saturated rings. The second kappa shape index (κ2) is 9.45. The maximum atomic E-state index is 12.1. The van der Waals surface area contributed by atoms with Crippen LogP contribution in [0.3, 0.4) is 0 Å². The van der Waals surface area contributed by atoms with Crippen molar-refractivity contribution in [1.82, 2.24) is 5.32 Å². The Morgan fingerprint density at radius 2 is 1.67 bits per heavy atom. The molecule has 2 aromatic carbocycles. The highest BCUT2D eigenvalue weighted by Gasteiger charge is 2.29. The summed E-state index contributed by atoms with van der Waals surface area (Å²) in [6.45, 7) is 1.79. The molecule has 3 rings (SSSR count). The Morgan fingerprint density at radius 1 is 1.10 bits per heavy atom. The zero-order valence-electron chi connectivity index (χ0n) is 16.8. The molecular formula is C22H26NO6P. The van der Waals surface area contributed by atoms with Gasteiger partial charge in [-0.15, -0.1) is 0 Å². The van der Waals surface area contributed by atoms with Gasteiger partial charge in [0.1, 0.15) is 6.61 Å². The molecule has 2 aromatic rings. The molecule has 2 unspecified atom stereocenters. The van der Waals surface area contributed by atoms with Gasteiger partial charge in [-0.3, -0.25) is 9.36 Å². The van der Waals surface area contributed by atoms with Crippen molar-refractivity contribution >= 4 is 19.4 Å². The van der Waals surface area contributed by atoms with E-state index in [1.54, 1.807) is 0 Å². The van der Waals surface area contributed by atoms with Gasteiger partial charge in [0.15, 0.2) is 0 Å². The summed E-state index contributed by atoms with van der Waals surface area (Å²) in [5.74, 6) is -2.00. The van der Waals surface area contributed by atoms with E-state index >= 15 is 0 Å². The van der Waals surface area contributed by atoms with Gasteiger partial charge in [-0.1, -0.05) is 55.5 Å². The maximum absolute atomic E-state index is 12.1. The molecule has 0 spiro atoms. The second-order valence-corrected chi connectivity index (χ2v) is 10.1. The lowest BCUT2D eigenvalue weighted by Crippen LogP contribution is -2.27. The number of ether oxygens (including phenoxy) is 1. The van der Waals surface area contributed by atoms with Crippen molar-refractivity contribution < 1.29 is 28.9 Å². The highest BCUT2D eigenvalue weighted by Crippen LogP contribution is 2.44. The number of fused-ring (bicyclic) bond motifs is 3. The lowest BCUT2D eigenvalue weighted by molar-refractivity contribution is -0.140. The van der Waals surface area contributed by atoms with E-state index in [2.05, 4.69) is 17.4 Å². The molecule has 160 valence electrons. The molecule has 2 atom stereocenters. The molecule has 7 nitrogen and oxygen atoms in total. The number of hydrogen-bond donors (Lipinski definition) is 3. The molecule has 1 amide bonds. The Balaban J connectivity index is 1.47. The Labute approximate surface area is 175 Å². The molecule has 30 heavy (non-hydrogen) atoms. The van der Waals surface area contributed by atoms with Crippen molar-refractivity contribution in [3.05, 3.63) is 59.7 Å². The number of carboxylic acids is 1. The van der Waals surface area contributed by atoms with Crippen LogP contribution in [0.4, 0.5) is 4.79 Å². The Morgan fingerprint density at radius 3 is 2.23 bits per heavy atom. The average Bonchev–Trinajstić information content (AvgIpc) is 3.03. The molecule has 1 aliphatic carbocycles. The summed E-state index contributed by atoms with van der Waals surface area (Å²) in [6, 6.07) is 16.1. The topological polar surface area (TPSA) is 113 Å². The number of amides is 1. The molecular weight excluding hydrogens is 405 g/mol. The average molecular weight is 431 g/mol. The van der Waals surface area contributed by atoms with Crippen LogP contribution >= 0.6 is 7.37 Å². The standard InChI is InChI=1S/C22H26NO6P/c1-15(21(24)25)14-30(27,28)12-6-11-23-22(26)29-13-20-18-9-4-2-7-16(18)17-8-3-5-10-19(17)20/h2-5,7-10,15,20H,6,11-14H2,1H3,(H,23,26)(H,24,25)(H,27,28). The van der Waals surface area contributed by atoms with E-state index in [1.807, 2.05) is 36.4 Å². The number of carboxylic acid groups (broad SMARTS) is 1. The smallest absolute Gasteiger partial charge is 0.407 e. The first-order valence-electron chi connectivity index (χ1n) is 9.91. The van der Waals surface area contributed by atoms with Gasteiger partial charge in [-0.2, -0.15) is 0 Å². The van der Waals surface area contributed by atoms with Gasteiger partial charge in [0.2, 0.25) is 7.37 Å². The van der Waals surface area contributed by atoms with Crippen molar-refractivity contribution in [2.45, 2.75) is 19.3 Å². The van der Waals surface area contributed by atoms with Crippen LogP contribution < -0.4 is 5.32 Å². The molecule has 3 N–H and O–H groups in total. The Bertz CT molecular complexity index is 930. The number of carbonyl (C=O) groups is 2. The van der Waals surface area contributed by atoms with E-state index in [-0.39, 0.29) is 37.8 Å². The molecule has 0 radical (unpaired) electrons. The number of hydrogen-bond acceptors (Lipinski definition) is 4.